The molecule has 1 aliphatic heterocycles. The zero-order valence-corrected chi connectivity index (χ0v) is 53.4. The third-order valence-electron chi connectivity index (χ3n) is 16.0. The summed E-state index contributed by atoms with van der Waals surface area (Å²) in [5.41, 5.74) is 0. The number of amides is 1. The van der Waals surface area contributed by atoms with Crippen LogP contribution in [0.2, 0.25) is 0 Å². The van der Waals surface area contributed by atoms with Gasteiger partial charge in [0, 0.05) is 12.8 Å². The van der Waals surface area contributed by atoms with Crippen molar-refractivity contribution in [3.8, 4) is 0 Å². The number of nitrogens with one attached hydrogen (secondary N) is 1. The first-order valence-corrected chi connectivity index (χ1v) is 34.7. The number of allylic oxidation sites excluding steroid dienone is 11. The van der Waals surface area contributed by atoms with Gasteiger partial charge in [0.05, 0.1) is 32.0 Å². The molecule has 0 spiro atoms. The lowest BCUT2D eigenvalue weighted by Gasteiger charge is -2.40. The van der Waals surface area contributed by atoms with E-state index < -0.39 is 49.5 Å². The van der Waals surface area contributed by atoms with Gasteiger partial charge in [0.25, 0.3) is 0 Å². The summed E-state index contributed by atoms with van der Waals surface area (Å²) in [6, 6.07) is -0.832. The predicted octanol–water partition coefficient (Wildman–Crippen LogP) is 17.5. The van der Waals surface area contributed by atoms with Gasteiger partial charge in [0.2, 0.25) is 5.91 Å². The second kappa shape index (κ2) is 60.8. The van der Waals surface area contributed by atoms with Gasteiger partial charge in [0.15, 0.2) is 6.29 Å². The Morgan fingerprint density at radius 1 is 0.446 bits per heavy atom. The second-order valence-corrected chi connectivity index (χ2v) is 23.9. The summed E-state index contributed by atoms with van der Waals surface area (Å²) in [6.07, 6.45) is 71.6. The van der Waals surface area contributed by atoms with Crippen LogP contribution < -0.4 is 5.32 Å². The molecule has 0 aromatic heterocycles. The number of rotatable bonds is 60. The summed E-state index contributed by atoms with van der Waals surface area (Å²) in [6.45, 7) is 4.28. The predicted molar refractivity (Wildman–Crippen MR) is 347 cm³/mol. The molecule has 0 bridgehead atoms. The fraction of sp³-hybridized carbons (Fsp3) is 0.806. The molecular weight excluding hydrogens is 1040 g/mol. The van der Waals surface area contributed by atoms with Crippen molar-refractivity contribution in [3.63, 3.8) is 0 Å². The third kappa shape index (κ3) is 49.9. The molecule has 0 radical (unpaired) electrons. The Morgan fingerprint density at radius 2 is 0.831 bits per heavy atom. The lowest BCUT2D eigenvalue weighted by Crippen LogP contribution is -2.60. The first-order chi connectivity index (χ1) is 40.7. The van der Waals surface area contributed by atoms with E-state index in [2.05, 4.69) is 79.9 Å². The highest BCUT2D eigenvalue weighted by Gasteiger charge is 2.44. The van der Waals surface area contributed by atoms with E-state index in [0.717, 1.165) is 89.9 Å². The molecule has 0 aliphatic carbocycles. The minimum absolute atomic E-state index is 0.0145. The Hall–Kier alpha value is -2.90. The first-order valence-electron chi connectivity index (χ1n) is 34.7. The molecule has 1 amide bonds. The molecule has 0 aromatic rings. The van der Waals surface area contributed by atoms with Crippen LogP contribution in [0.15, 0.2) is 72.9 Å². The van der Waals surface area contributed by atoms with E-state index in [4.69, 9.17) is 14.2 Å². The largest absolute Gasteiger partial charge is 0.466 e. The van der Waals surface area contributed by atoms with Crippen LogP contribution in [-0.4, -0.2) is 100 Å². The molecule has 6 N–H and O–H groups in total. The molecule has 482 valence electrons. The summed E-state index contributed by atoms with van der Waals surface area (Å²) < 4.78 is 16.7. The van der Waals surface area contributed by atoms with Crippen LogP contribution >= 0.6 is 0 Å². The van der Waals surface area contributed by atoms with Crippen LogP contribution in [0.3, 0.4) is 0 Å². The van der Waals surface area contributed by atoms with Gasteiger partial charge in [-0.3, -0.25) is 9.59 Å². The molecule has 1 rings (SSSR count). The first kappa shape index (κ1) is 78.1. The van der Waals surface area contributed by atoms with Gasteiger partial charge in [-0.2, -0.15) is 0 Å². The van der Waals surface area contributed by atoms with Crippen molar-refractivity contribution in [3.05, 3.63) is 72.9 Å². The SMILES string of the molecule is CCCC/C=C\C/C=C\CCCCCCCC(=O)OCCCCCCCCCCC/C=C\C/C=C\CCCCCCCCCCCCCC(=O)NC(COC1OC(CO)C(O)C(O)C1O)C(O)/C=C/CC/C=C/CCCCCCCCCC. The Bertz CT molecular complexity index is 1610. The van der Waals surface area contributed by atoms with Crippen molar-refractivity contribution in [1.82, 2.24) is 5.32 Å². The van der Waals surface area contributed by atoms with Crippen LogP contribution in [0.1, 0.15) is 309 Å². The average Bonchev–Trinajstić information content (AvgIpc) is 3.69. The summed E-state index contributed by atoms with van der Waals surface area (Å²) in [5, 5.41) is 54.5. The molecule has 11 nitrogen and oxygen atoms in total. The van der Waals surface area contributed by atoms with E-state index in [0.29, 0.717) is 19.4 Å². The van der Waals surface area contributed by atoms with Crippen molar-refractivity contribution in [2.75, 3.05) is 19.8 Å². The van der Waals surface area contributed by atoms with Gasteiger partial charge in [-0.25, -0.2) is 0 Å². The highest BCUT2D eigenvalue weighted by Crippen LogP contribution is 2.23. The van der Waals surface area contributed by atoms with Crippen LogP contribution in [0.4, 0.5) is 0 Å². The number of carbonyl (C=O) groups is 2. The number of ether oxygens (including phenoxy) is 3. The van der Waals surface area contributed by atoms with E-state index in [1.165, 1.54) is 193 Å². The van der Waals surface area contributed by atoms with E-state index in [1.54, 1.807) is 6.08 Å². The maximum atomic E-state index is 13.1. The van der Waals surface area contributed by atoms with Crippen molar-refractivity contribution < 1.29 is 49.3 Å². The lowest BCUT2D eigenvalue weighted by molar-refractivity contribution is -0.302. The van der Waals surface area contributed by atoms with Gasteiger partial charge in [0.1, 0.15) is 24.4 Å². The fourth-order valence-corrected chi connectivity index (χ4v) is 10.5. The van der Waals surface area contributed by atoms with Crippen LogP contribution in [0, 0.1) is 0 Å². The second-order valence-electron chi connectivity index (χ2n) is 23.9. The number of esters is 1. The number of aliphatic hydroxyl groups is 5. The Morgan fingerprint density at radius 3 is 1.30 bits per heavy atom. The Kier molecular flexibility index (Phi) is 57.2. The minimum atomic E-state index is -1.58. The molecule has 0 saturated carbocycles. The maximum absolute atomic E-state index is 13.1. The van der Waals surface area contributed by atoms with Crippen molar-refractivity contribution in [2.45, 2.75) is 352 Å². The van der Waals surface area contributed by atoms with E-state index in [1.807, 2.05) is 6.08 Å². The normalized spacial score (nSPS) is 18.6. The third-order valence-corrected chi connectivity index (χ3v) is 16.0. The Labute approximate surface area is 509 Å². The van der Waals surface area contributed by atoms with Crippen LogP contribution in [0.5, 0.6) is 0 Å². The highest BCUT2D eigenvalue weighted by molar-refractivity contribution is 5.76. The van der Waals surface area contributed by atoms with Gasteiger partial charge < -0.3 is 45.1 Å². The van der Waals surface area contributed by atoms with Crippen LogP contribution in [0.25, 0.3) is 0 Å². The zero-order valence-electron chi connectivity index (χ0n) is 53.4. The van der Waals surface area contributed by atoms with Gasteiger partial charge in [-0.05, 0) is 103 Å². The molecule has 7 unspecified atom stereocenters. The average molecular weight is 1170 g/mol. The quantitative estimate of drug-likeness (QED) is 0.0195. The molecule has 11 heteroatoms. The maximum Gasteiger partial charge on any atom is 0.305 e. The number of hydrogen-bond donors (Lipinski definition) is 6. The summed E-state index contributed by atoms with van der Waals surface area (Å²) in [5.74, 6) is -0.210. The number of unbranched alkanes of at least 4 members (excludes halogenated alkanes) is 36. The summed E-state index contributed by atoms with van der Waals surface area (Å²) >= 11 is 0. The fourth-order valence-electron chi connectivity index (χ4n) is 10.5. The number of aliphatic hydroxyl groups excluding tert-OH is 5. The number of hydrogen-bond acceptors (Lipinski definition) is 10. The highest BCUT2D eigenvalue weighted by atomic mass is 16.7. The van der Waals surface area contributed by atoms with Crippen molar-refractivity contribution in [1.29, 1.82) is 0 Å². The smallest absolute Gasteiger partial charge is 0.305 e. The molecule has 1 aliphatic rings. The van der Waals surface area contributed by atoms with Gasteiger partial charge in [-0.1, -0.05) is 267 Å². The van der Waals surface area contributed by atoms with Gasteiger partial charge >= 0.3 is 5.97 Å². The van der Waals surface area contributed by atoms with Crippen molar-refractivity contribution >= 4 is 11.9 Å². The van der Waals surface area contributed by atoms with E-state index in [-0.39, 0.29) is 18.5 Å². The summed E-state index contributed by atoms with van der Waals surface area (Å²) in [4.78, 5) is 25.1. The topological polar surface area (TPSA) is 175 Å². The molecule has 83 heavy (non-hydrogen) atoms. The van der Waals surface area contributed by atoms with Gasteiger partial charge in [-0.15, -0.1) is 0 Å². The van der Waals surface area contributed by atoms with Crippen molar-refractivity contribution in [2.24, 2.45) is 0 Å². The van der Waals surface area contributed by atoms with Crippen LogP contribution in [-0.2, 0) is 23.8 Å². The zero-order chi connectivity index (χ0) is 60.2. The van der Waals surface area contributed by atoms with E-state index in [9.17, 15) is 35.1 Å². The molecule has 7 atom stereocenters. The molecule has 1 heterocycles. The molecule has 1 fully saturated rings. The minimum Gasteiger partial charge on any atom is -0.466 e. The number of carbonyl (C=O) groups excluding carboxylic acids is 2. The standard InChI is InChI=1S/C72H129NO10/c1-3-5-7-9-11-13-15-17-34-38-42-46-50-54-58-65(75)64(63-82-72-71(80)70(79)69(78)66(62-74)83-72)73-67(76)59-55-51-47-43-39-35-32-30-28-26-24-22-20-19-21-23-25-27-29-31-33-37-41-45-49-53-57-61-81-68(77)60-56-52-48-44-40-36-18-16-14-12-10-8-6-4-2/h10,12,16,18-20,23,25,38,42,54,58,64-66,69-72,74-75,78-80H,3-9,11,13-15,17,21-22,24,26-37,39-41,43-53,55-57,59-63H2,1-2H3,(H,73,76)/b12-10-,18-16-,20-19-,25-23-,42-38+,58-54+. The van der Waals surface area contributed by atoms with E-state index >= 15 is 0 Å². The monoisotopic (exact) mass is 1170 g/mol. The lowest BCUT2D eigenvalue weighted by atomic mass is 9.99. The molecule has 0 aromatic carbocycles. The Balaban J connectivity index is 2.03. The molecular formula is C72H129NO10. The molecule has 1 saturated heterocycles. The summed E-state index contributed by atoms with van der Waals surface area (Å²) in [7, 11) is 0.